The molecule has 0 bridgehead atoms. The predicted molar refractivity (Wildman–Crippen MR) is 140 cm³/mol. The maximum absolute atomic E-state index is 13.1. The van der Waals surface area contributed by atoms with Gasteiger partial charge in [-0.25, -0.2) is 9.97 Å². The maximum Gasteiger partial charge on any atom is 0.275 e. The molecule has 0 radical (unpaired) electrons. The predicted octanol–water partition coefficient (Wildman–Crippen LogP) is 3.83. The van der Waals surface area contributed by atoms with Crippen LogP contribution in [0, 0.1) is 5.95 Å². The van der Waals surface area contributed by atoms with Crippen LogP contribution in [0.3, 0.4) is 0 Å². The van der Waals surface area contributed by atoms with E-state index in [-0.39, 0.29) is 18.9 Å². The summed E-state index contributed by atoms with van der Waals surface area (Å²) in [5, 5.41) is 8.99. The first-order chi connectivity index (χ1) is 17.4. The van der Waals surface area contributed by atoms with Crippen LogP contribution in [0.4, 0.5) is 15.8 Å². The largest absolute Gasteiger partial charge is 0.398 e. The van der Waals surface area contributed by atoms with Gasteiger partial charge in [-0.3, -0.25) is 14.6 Å². The number of anilines is 2. The molecule has 36 heavy (non-hydrogen) atoms. The number of thiazole rings is 1. The van der Waals surface area contributed by atoms with Gasteiger partial charge in [-0.1, -0.05) is 0 Å². The molecule has 0 aliphatic carbocycles. The Balaban J connectivity index is 1.55. The van der Waals surface area contributed by atoms with Crippen LogP contribution in [-0.2, 0) is 9.53 Å². The van der Waals surface area contributed by atoms with Crippen LogP contribution < -0.4 is 16.8 Å². The molecule has 0 saturated carbocycles. The summed E-state index contributed by atoms with van der Waals surface area (Å²) in [5.74, 6) is -1.54. The molecule has 5 N–H and O–H groups in total. The van der Waals surface area contributed by atoms with Gasteiger partial charge in [0.05, 0.1) is 13.2 Å². The van der Waals surface area contributed by atoms with Crippen LogP contribution in [0.2, 0.25) is 0 Å². The van der Waals surface area contributed by atoms with Gasteiger partial charge in [0, 0.05) is 45.9 Å². The van der Waals surface area contributed by atoms with Crippen LogP contribution >= 0.6 is 22.7 Å². The van der Waals surface area contributed by atoms with Crippen molar-refractivity contribution in [2.45, 2.75) is 0 Å². The van der Waals surface area contributed by atoms with Gasteiger partial charge in [-0.15, -0.1) is 11.3 Å². The van der Waals surface area contributed by atoms with E-state index in [2.05, 4.69) is 20.3 Å². The molecule has 0 aliphatic heterocycles. The Kier molecular flexibility index (Phi) is 8.10. The molecule has 0 atom stereocenters. The third-order valence-electron chi connectivity index (χ3n) is 4.85. The Bertz CT molecular complexity index is 1390. The minimum atomic E-state index is -0.588. The normalized spacial score (nSPS) is 11.1. The fraction of sp³-hybridized carbons (Fsp3) is 0.125. The molecule has 0 aliphatic rings. The average molecular weight is 525 g/mol. The van der Waals surface area contributed by atoms with E-state index in [1.165, 1.54) is 34.9 Å². The summed E-state index contributed by atoms with van der Waals surface area (Å²) in [4.78, 5) is 36.1. The third-order valence-corrected chi connectivity index (χ3v) is 6.43. The van der Waals surface area contributed by atoms with Gasteiger partial charge in [-0.05, 0) is 46.7 Å². The minimum Gasteiger partial charge on any atom is -0.398 e. The zero-order valence-electron chi connectivity index (χ0n) is 18.8. The van der Waals surface area contributed by atoms with Gasteiger partial charge in [0.1, 0.15) is 17.3 Å². The molecule has 0 spiro atoms. The molecule has 2 amide bonds. The van der Waals surface area contributed by atoms with Gasteiger partial charge in [-0.2, -0.15) is 15.7 Å². The van der Waals surface area contributed by atoms with Crippen LogP contribution in [0.5, 0.6) is 0 Å². The summed E-state index contributed by atoms with van der Waals surface area (Å²) < 4.78 is 18.2. The molecular weight excluding hydrogens is 503 g/mol. The van der Waals surface area contributed by atoms with E-state index in [9.17, 15) is 14.0 Å². The van der Waals surface area contributed by atoms with Gasteiger partial charge >= 0.3 is 0 Å². The number of benzene rings is 1. The van der Waals surface area contributed by atoms with Crippen molar-refractivity contribution in [3.63, 3.8) is 0 Å². The highest BCUT2D eigenvalue weighted by Gasteiger charge is 2.16. The third kappa shape index (κ3) is 6.36. The van der Waals surface area contributed by atoms with Gasteiger partial charge in [0.25, 0.3) is 5.91 Å². The quantitative estimate of drug-likeness (QED) is 0.124. The second-order valence-electron chi connectivity index (χ2n) is 7.45. The van der Waals surface area contributed by atoms with E-state index < -0.39 is 17.8 Å². The molecule has 3 heterocycles. The lowest BCUT2D eigenvalue weighted by Crippen LogP contribution is -2.19. The number of nitrogens with one attached hydrogen (secondary N) is 1. The summed E-state index contributed by atoms with van der Waals surface area (Å²) >= 11 is 2.78. The summed E-state index contributed by atoms with van der Waals surface area (Å²) in [6, 6.07) is 8.25. The second kappa shape index (κ2) is 11.6. The zero-order chi connectivity index (χ0) is 25.5. The molecule has 4 aromatic rings. The number of nitrogens with two attached hydrogens (primary N) is 2. The van der Waals surface area contributed by atoms with Gasteiger partial charge < -0.3 is 21.5 Å². The summed E-state index contributed by atoms with van der Waals surface area (Å²) in [6.45, 7) is 0.366. The Hall–Kier alpha value is -4.00. The molecule has 0 saturated heterocycles. The van der Waals surface area contributed by atoms with Crippen molar-refractivity contribution in [3.05, 3.63) is 69.9 Å². The van der Waals surface area contributed by atoms with E-state index >= 15 is 0 Å². The number of nitrogen functional groups attached to an aromatic ring is 1. The highest BCUT2D eigenvalue weighted by Crippen LogP contribution is 2.34. The fourth-order valence-corrected chi connectivity index (χ4v) is 4.60. The minimum absolute atomic E-state index is 0.167. The molecule has 4 rings (SSSR count). The van der Waals surface area contributed by atoms with Crippen molar-refractivity contribution < 1.29 is 18.7 Å². The molecule has 0 unspecified atom stereocenters. The lowest BCUT2D eigenvalue weighted by Gasteiger charge is -2.13. The number of ether oxygens (including phenoxy) is 1. The average Bonchev–Trinajstić information content (AvgIpc) is 3.56. The number of amides is 2. The van der Waals surface area contributed by atoms with Crippen LogP contribution in [0.1, 0.15) is 16.1 Å². The Morgan fingerprint density at radius 2 is 2.06 bits per heavy atom. The smallest absolute Gasteiger partial charge is 0.275 e. The number of halogens is 1. The SMILES string of the molecule is NC(=O)COCCN=Cc1cc(NC(=O)c2csc(-c3ccc(F)nc3)n2)c(-c2ccsc2)cc1N. The van der Waals surface area contributed by atoms with Crippen LogP contribution in [-0.4, -0.2) is 47.8 Å². The molecule has 184 valence electrons. The Morgan fingerprint density at radius 3 is 2.78 bits per heavy atom. The topological polar surface area (TPSA) is 146 Å². The highest BCUT2D eigenvalue weighted by atomic mass is 32.1. The molecule has 3 aromatic heterocycles. The van der Waals surface area contributed by atoms with E-state index in [1.807, 2.05) is 16.8 Å². The van der Waals surface area contributed by atoms with Crippen LogP contribution in [0.25, 0.3) is 21.7 Å². The van der Waals surface area contributed by atoms with Crippen molar-refractivity contribution in [1.29, 1.82) is 0 Å². The number of hydrogen-bond acceptors (Lipinski definition) is 9. The molecule has 9 nitrogen and oxygen atoms in total. The lowest BCUT2D eigenvalue weighted by atomic mass is 10.0. The van der Waals surface area contributed by atoms with Crippen molar-refractivity contribution >= 4 is 52.1 Å². The van der Waals surface area contributed by atoms with Crippen molar-refractivity contribution in [2.24, 2.45) is 10.7 Å². The first-order valence-corrected chi connectivity index (χ1v) is 12.4. The Morgan fingerprint density at radius 1 is 1.19 bits per heavy atom. The number of pyridine rings is 1. The zero-order valence-corrected chi connectivity index (χ0v) is 20.4. The summed E-state index contributed by atoms with van der Waals surface area (Å²) in [6.07, 6.45) is 2.95. The lowest BCUT2D eigenvalue weighted by molar-refractivity contribution is -0.122. The molecule has 1 aromatic carbocycles. The number of carbonyl (C=O) groups excluding carboxylic acids is 2. The van der Waals surface area contributed by atoms with Crippen LogP contribution in [0.15, 0.2) is 57.7 Å². The van der Waals surface area contributed by atoms with E-state index in [0.717, 1.165) is 11.1 Å². The summed E-state index contributed by atoms with van der Waals surface area (Å²) in [7, 11) is 0. The van der Waals surface area contributed by atoms with Crippen molar-refractivity contribution in [1.82, 2.24) is 9.97 Å². The Labute approximate surface area is 213 Å². The molecular formula is C24H21FN6O3S2. The summed E-state index contributed by atoms with van der Waals surface area (Å²) in [5.41, 5.74) is 15.4. The number of aliphatic imine (C=N–C) groups is 1. The van der Waals surface area contributed by atoms with E-state index in [4.69, 9.17) is 16.2 Å². The van der Waals surface area contributed by atoms with Crippen molar-refractivity contribution in [3.8, 4) is 21.7 Å². The molecule has 12 heteroatoms. The van der Waals surface area contributed by atoms with Gasteiger partial charge in [0.15, 0.2) is 0 Å². The number of primary amides is 1. The number of rotatable bonds is 10. The number of hydrogen-bond donors (Lipinski definition) is 3. The number of thiophene rings is 1. The van der Waals surface area contributed by atoms with Crippen molar-refractivity contribution in [2.75, 3.05) is 30.8 Å². The fourth-order valence-electron chi connectivity index (χ4n) is 3.16. The molecule has 0 fully saturated rings. The highest BCUT2D eigenvalue weighted by molar-refractivity contribution is 7.13. The standard InChI is InChI=1S/C24H21FN6O3S2/c25-21-2-1-14(10-29-21)24-31-20(13-36-24)23(33)30-19-7-16(9-28-4-5-34-11-22(27)32)18(26)8-17(19)15-3-6-35-12-15/h1-3,6-10,12-13H,4-5,11,26H2,(H2,27,32)(H,30,33). The number of carbonyl (C=O) groups is 2. The number of nitrogens with zero attached hydrogens (tertiary/aromatic N) is 3. The number of aromatic nitrogens is 2. The van der Waals surface area contributed by atoms with E-state index in [0.29, 0.717) is 34.1 Å². The van der Waals surface area contributed by atoms with E-state index in [1.54, 1.807) is 29.8 Å². The second-order valence-corrected chi connectivity index (χ2v) is 9.09. The first kappa shape index (κ1) is 25.1. The van der Waals surface area contributed by atoms with Gasteiger partial charge in [0.2, 0.25) is 11.9 Å². The first-order valence-electron chi connectivity index (χ1n) is 10.6. The monoisotopic (exact) mass is 524 g/mol. The maximum atomic E-state index is 13.1.